The van der Waals surface area contributed by atoms with Crippen molar-refractivity contribution in [1.29, 1.82) is 0 Å². The van der Waals surface area contributed by atoms with Gasteiger partial charge in [0.2, 0.25) is 0 Å². The van der Waals surface area contributed by atoms with E-state index in [1.807, 2.05) is 66.6 Å². The van der Waals surface area contributed by atoms with E-state index < -0.39 is 0 Å². The normalized spacial score (nSPS) is 20.4. The lowest BCUT2D eigenvalue weighted by atomic mass is 9.80. The van der Waals surface area contributed by atoms with E-state index in [9.17, 15) is 9.59 Å². The third-order valence-electron chi connectivity index (χ3n) is 9.55. The third kappa shape index (κ3) is 12.0. The van der Waals surface area contributed by atoms with Gasteiger partial charge in [-0.3, -0.25) is 24.3 Å². The van der Waals surface area contributed by atoms with Crippen LogP contribution in [0.5, 0.6) is 0 Å². The predicted molar refractivity (Wildman–Crippen MR) is 193 cm³/mol. The van der Waals surface area contributed by atoms with E-state index in [4.69, 9.17) is 19.1 Å². The summed E-state index contributed by atoms with van der Waals surface area (Å²) in [7, 11) is 0. The number of esters is 2. The molecule has 0 amide bonds. The van der Waals surface area contributed by atoms with Gasteiger partial charge in [-0.2, -0.15) is 5.06 Å². The molecule has 0 saturated carbocycles. The fourth-order valence-corrected chi connectivity index (χ4v) is 7.55. The number of allylic oxidation sites excluding steroid dienone is 1. The first-order chi connectivity index (χ1) is 23.2. The summed E-state index contributed by atoms with van der Waals surface area (Å²) < 4.78 is 11.8. The van der Waals surface area contributed by atoms with Gasteiger partial charge in [0.15, 0.2) is 0 Å². The van der Waals surface area contributed by atoms with Gasteiger partial charge in [-0.05, 0) is 78.5 Å². The maximum Gasteiger partial charge on any atom is 0.306 e. The highest BCUT2D eigenvalue weighted by Crippen LogP contribution is 2.40. The van der Waals surface area contributed by atoms with Crippen LogP contribution in [0.25, 0.3) is 0 Å². The van der Waals surface area contributed by atoms with Gasteiger partial charge in [-0.25, -0.2) is 0 Å². The van der Waals surface area contributed by atoms with Crippen molar-refractivity contribution in [3.63, 3.8) is 0 Å². The number of ether oxygens (including phenoxy) is 2. The van der Waals surface area contributed by atoms with Crippen molar-refractivity contribution in [3.05, 3.63) is 83.6 Å². The molecule has 0 aliphatic carbocycles. The number of hydroxylamine groups is 4. The summed E-state index contributed by atoms with van der Waals surface area (Å²) in [5.74, 6) is -0.259. The molecule has 2 aromatic rings. The topological polar surface area (TPSA) is 77.5 Å². The molecule has 49 heavy (non-hydrogen) atoms. The molecular formula is C41H60N2O6. The van der Waals surface area contributed by atoms with Crippen LogP contribution < -0.4 is 0 Å². The Morgan fingerprint density at radius 1 is 0.633 bits per heavy atom. The fourth-order valence-electron chi connectivity index (χ4n) is 7.55. The van der Waals surface area contributed by atoms with Crippen molar-refractivity contribution >= 4 is 11.9 Å². The Balaban J connectivity index is 1.06. The van der Waals surface area contributed by atoms with Crippen LogP contribution in [-0.2, 0) is 42.0 Å². The van der Waals surface area contributed by atoms with Gasteiger partial charge < -0.3 is 9.47 Å². The Labute approximate surface area is 295 Å². The molecule has 0 aromatic heterocycles. The minimum atomic E-state index is -0.298. The Kier molecular flexibility index (Phi) is 13.9. The van der Waals surface area contributed by atoms with E-state index in [1.54, 1.807) is 0 Å². The Morgan fingerprint density at radius 2 is 1.10 bits per heavy atom. The zero-order valence-corrected chi connectivity index (χ0v) is 31.0. The Hall–Kier alpha value is -3.20. The molecule has 0 spiro atoms. The van der Waals surface area contributed by atoms with E-state index in [2.05, 4.69) is 58.7 Å². The minimum absolute atomic E-state index is 0.112. The van der Waals surface area contributed by atoms with Gasteiger partial charge in [0.25, 0.3) is 0 Å². The molecule has 1 saturated heterocycles. The minimum Gasteiger partial charge on any atom is -0.462 e. The third-order valence-corrected chi connectivity index (χ3v) is 9.55. The summed E-state index contributed by atoms with van der Waals surface area (Å²) in [6, 6.07) is 20.3. The van der Waals surface area contributed by atoms with Crippen LogP contribution in [0.2, 0.25) is 0 Å². The average Bonchev–Trinajstić information content (AvgIpc) is 3.01. The van der Waals surface area contributed by atoms with Gasteiger partial charge >= 0.3 is 11.9 Å². The smallest absolute Gasteiger partial charge is 0.306 e. The number of carbonyl (C=O) groups is 2. The predicted octanol–water partition coefficient (Wildman–Crippen LogP) is 9.24. The Bertz CT molecular complexity index is 1340. The van der Waals surface area contributed by atoms with E-state index in [-0.39, 0.29) is 40.8 Å². The molecule has 2 aromatic carbocycles. The quantitative estimate of drug-likeness (QED) is 0.121. The van der Waals surface area contributed by atoms with Gasteiger partial charge in [0.1, 0.15) is 12.2 Å². The van der Waals surface area contributed by atoms with Crippen LogP contribution in [0.3, 0.4) is 0 Å². The van der Waals surface area contributed by atoms with E-state index in [0.29, 0.717) is 32.5 Å². The standard InChI is InChI=1S/C41H60N2O6/c1-32-26-35(27-39(2,3)42(32)46-30-33-20-14-12-15-21-33)48-37(44)24-18-10-8-9-11-19-25-38(45)49-36-28-40(4,5)43(41(6,7)29-36)47-31-34-22-16-13-17-23-34/h12-17,20-23,26,35-36H,8-11,18-19,24-25,27-31H2,1-7H3. The summed E-state index contributed by atoms with van der Waals surface area (Å²) >= 11 is 0. The van der Waals surface area contributed by atoms with Crippen LogP contribution in [0.1, 0.15) is 130 Å². The molecule has 0 radical (unpaired) electrons. The second kappa shape index (κ2) is 17.6. The lowest BCUT2D eigenvalue weighted by molar-refractivity contribution is -0.299. The van der Waals surface area contributed by atoms with Crippen molar-refractivity contribution in [2.45, 2.75) is 161 Å². The first-order valence-electron chi connectivity index (χ1n) is 18.3. The van der Waals surface area contributed by atoms with Crippen LogP contribution in [0.15, 0.2) is 72.4 Å². The van der Waals surface area contributed by atoms with Crippen LogP contribution in [0.4, 0.5) is 0 Å². The van der Waals surface area contributed by atoms with Crippen molar-refractivity contribution in [1.82, 2.24) is 10.1 Å². The Morgan fingerprint density at radius 3 is 1.61 bits per heavy atom. The summed E-state index contributed by atoms with van der Waals surface area (Å²) in [6.45, 7) is 15.9. The van der Waals surface area contributed by atoms with Gasteiger partial charge in [0, 0.05) is 48.9 Å². The summed E-state index contributed by atoms with van der Waals surface area (Å²) in [5.41, 5.74) is 2.37. The number of unbranched alkanes of at least 4 members (excludes halogenated alkanes) is 5. The molecule has 0 N–H and O–H groups in total. The number of benzene rings is 2. The van der Waals surface area contributed by atoms with Crippen LogP contribution in [0, 0.1) is 0 Å². The zero-order valence-electron chi connectivity index (χ0n) is 31.0. The molecule has 1 unspecified atom stereocenters. The highest BCUT2D eigenvalue weighted by atomic mass is 16.7. The second-order valence-electron chi connectivity index (χ2n) is 15.7. The number of rotatable bonds is 17. The van der Waals surface area contributed by atoms with Gasteiger partial charge in [-0.15, -0.1) is 0 Å². The molecule has 2 aliphatic heterocycles. The number of piperidine rings is 1. The molecule has 1 atom stereocenters. The van der Waals surface area contributed by atoms with Crippen molar-refractivity contribution < 1.29 is 28.7 Å². The number of hydrogen-bond donors (Lipinski definition) is 0. The SMILES string of the molecule is CC1=CC(OC(=O)CCCCCCCCC(=O)OC2CC(C)(C)N(OCc3ccccc3)C(C)(C)C2)CC(C)(C)N1OCc1ccccc1. The molecule has 2 heterocycles. The van der Waals surface area contributed by atoms with E-state index in [0.717, 1.165) is 68.2 Å². The number of hydrogen-bond acceptors (Lipinski definition) is 8. The van der Waals surface area contributed by atoms with Crippen LogP contribution >= 0.6 is 0 Å². The summed E-state index contributed by atoms with van der Waals surface area (Å²) in [6.07, 6.45) is 10.3. The van der Waals surface area contributed by atoms with Crippen molar-refractivity contribution in [2.24, 2.45) is 0 Å². The molecule has 0 bridgehead atoms. The monoisotopic (exact) mass is 676 g/mol. The highest BCUT2D eigenvalue weighted by Gasteiger charge is 2.48. The number of carbonyl (C=O) groups excluding carboxylic acids is 2. The molecule has 1 fully saturated rings. The largest absolute Gasteiger partial charge is 0.462 e. The molecular weight excluding hydrogens is 616 g/mol. The maximum atomic E-state index is 12.7. The molecule has 8 nitrogen and oxygen atoms in total. The van der Waals surface area contributed by atoms with Crippen molar-refractivity contribution in [2.75, 3.05) is 0 Å². The maximum absolute atomic E-state index is 12.7. The van der Waals surface area contributed by atoms with Gasteiger partial charge in [-0.1, -0.05) is 86.3 Å². The fraction of sp³-hybridized carbons (Fsp3) is 0.610. The highest BCUT2D eigenvalue weighted by molar-refractivity contribution is 5.70. The van der Waals surface area contributed by atoms with E-state index >= 15 is 0 Å². The first-order valence-corrected chi connectivity index (χ1v) is 18.3. The average molecular weight is 677 g/mol. The molecule has 4 rings (SSSR count). The second-order valence-corrected chi connectivity index (χ2v) is 15.7. The molecule has 2 aliphatic rings. The van der Waals surface area contributed by atoms with Crippen molar-refractivity contribution in [3.8, 4) is 0 Å². The lowest BCUT2D eigenvalue weighted by Crippen LogP contribution is -2.61. The van der Waals surface area contributed by atoms with Crippen LogP contribution in [-0.4, -0.2) is 50.9 Å². The number of nitrogens with zero attached hydrogens (tertiary/aromatic N) is 2. The molecule has 270 valence electrons. The van der Waals surface area contributed by atoms with Gasteiger partial charge in [0.05, 0.1) is 18.8 Å². The lowest BCUT2D eigenvalue weighted by Gasteiger charge is -2.53. The molecule has 8 heteroatoms. The first kappa shape index (κ1) is 38.6. The summed E-state index contributed by atoms with van der Waals surface area (Å²) in [5, 5.41) is 4.04. The summed E-state index contributed by atoms with van der Waals surface area (Å²) in [4.78, 5) is 37.8. The zero-order chi connectivity index (χ0) is 35.5. The van der Waals surface area contributed by atoms with E-state index in [1.165, 1.54) is 0 Å².